The maximum absolute atomic E-state index is 6.43. The van der Waals surface area contributed by atoms with Crippen LogP contribution in [0.1, 0.15) is 44.0 Å². The summed E-state index contributed by atoms with van der Waals surface area (Å²) in [7, 11) is 2.00. The summed E-state index contributed by atoms with van der Waals surface area (Å²) in [6.07, 6.45) is 6.22. The normalized spacial score (nSPS) is 26.3. The highest BCUT2D eigenvalue weighted by atomic mass is 79.9. The lowest BCUT2D eigenvalue weighted by atomic mass is 9.78. The highest BCUT2D eigenvalue weighted by Gasteiger charge is 2.26. The van der Waals surface area contributed by atoms with Gasteiger partial charge in [-0.05, 0) is 47.5 Å². The summed E-state index contributed by atoms with van der Waals surface area (Å²) < 4.78 is 3.09. The van der Waals surface area contributed by atoms with Crippen molar-refractivity contribution in [1.82, 2.24) is 9.78 Å². The molecule has 0 aromatic carbocycles. The molecule has 1 heterocycles. The molecule has 1 aromatic rings. The molecule has 0 radical (unpaired) electrons. The van der Waals surface area contributed by atoms with Gasteiger partial charge in [0.2, 0.25) is 0 Å². The van der Waals surface area contributed by atoms with E-state index < -0.39 is 0 Å². The summed E-state index contributed by atoms with van der Waals surface area (Å²) in [5.41, 5.74) is 8.71. The van der Waals surface area contributed by atoms with Gasteiger partial charge in [0, 0.05) is 19.5 Å². The quantitative estimate of drug-likeness (QED) is 0.931. The summed E-state index contributed by atoms with van der Waals surface area (Å²) in [5, 5.41) is 4.44. The zero-order valence-corrected chi connectivity index (χ0v) is 13.2. The SMILES string of the molecule is Cc1nn(C)c(CC(N)C2CCCC(C)C2)c1Br. The lowest BCUT2D eigenvalue weighted by Gasteiger charge is -2.31. The number of nitrogens with zero attached hydrogens (tertiary/aromatic N) is 2. The van der Waals surface area contributed by atoms with Gasteiger partial charge in [-0.15, -0.1) is 0 Å². The minimum absolute atomic E-state index is 0.263. The average Bonchev–Trinajstić information content (AvgIpc) is 2.56. The van der Waals surface area contributed by atoms with Gasteiger partial charge in [0.05, 0.1) is 15.9 Å². The van der Waals surface area contributed by atoms with Gasteiger partial charge in [-0.25, -0.2) is 0 Å². The molecule has 2 N–H and O–H groups in total. The van der Waals surface area contributed by atoms with Gasteiger partial charge in [-0.1, -0.05) is 19.8 Å². The molecular weight excluding hydrogens is 290 g/mol. The van der Waals surface area contributed by atoms with Crippen LogP contribution in [0.4, 0.5) is 0 Å². The predicted molar refractivity (Wildman–Crippen MR) is 78.4 cm³/mol. The monoisotopic (exact) mass is 313 g/mol. The third-order valence-corrected chi connectivity index (χ3v) is 5.30. The Morgan fingerprint density at radius 1 is 1.50 bits per heavy atom. The van der Waals surface area contributed by atoms with Gasteiger partial charge in [0.1, 0.15) is 0 Å². The maximum Gasteiger partial charge on any atom is 0.0738 e. The van der Waals surface area contributed by atoms with Crippen molar-refractivity contribution in [3.63, 3.8) is 0 Å². The maximum atomic E-state index is 6.43. The second kappa shape index (κ2) is 5.74. The van der Waals surface area contributed by atoms with E-state index in [-0.39, 0.29) is 6.04 Å². The van der Waals surface area contributed by atoms with E-state index in [1.54, 1.807) is 0 Å². The molecule has 0 spiro atoms. The topological polar surface area (TPSA) is 43.8 Å². The van der Waals surface area contributed by atoms with E-state index in [2.05, 4.69) is 28.0 Å². The Morgan fingerprint density at radius 3 is 2.78 bits per heavy atom. The largest absolute Gasteiger partial charge is 0.327 e. The third kappa shape index (κ3) is 2.97. The molecule has 3 nitrogen and oxygen atoms in total. The molecule has 2 rings (SSSR count). The van der Waals surface area contributed by atoms with E-state index in [0.717, 1.165) is 22.5 Å². The number of halogens is 1. The second-order valence-corrected chi connectivity index (χ2v) is 6.66. The number of hydrogen-bond acceptors (Lipinski definition) is 2. The van der Waals surface area contributed by atoms with Gasteiger partial charge in [-0.2, -0.15) is 5.10 Å². The average molecular weight is 314 g/mol. The first-order chi connectivity index (χ1) is 8.49. The summed E-state index contributed by atoms with van der Waals surface area (Å²) in [6, 6.07) is 0.263. The van der Waals surface area contributed by atoms with E-state index >= 15 is 0 Å². The Bertz CT molecular complexity index is 413. The van der Waals surface area contributed by atoms with Crippen molar-refractivity contribution < 1.29 is 0 Å². The fourth-order valence-electron chi connectivity index (χ4n) is 3.16. The lowest BCUT2D eigenvalue weighted by Crippen LogP contribution is -2.35. The highest BCUT2D eigenvalue weighted by Crippen LogP contribution is 2.32. The summed E-state index contributed by atoms with van der Waals surface area (Å²) >= 11 is 3.63. The fourth-order valence-corrected chi connectivity index (χ4v) is 3.66. The molecule has 1 aliphatic carbocycles. The van der Waals surface area contributed by atoms with Crippen molar-refractivity contribution in [1.29, 1.82) is 0 Å². The predicted octanol–water partition coefficient (Wildman–Crippen LogP) is 3.19. The molecule has 0 amide bonds. The molecular formula is C14H24BrN3. The first kappa shape index (κ1) is 14.1. The standard InChI is InChI=1S/C14H24BrN3/c1-9-5-4-6-11(7-9)12(16)8-13-14(15)10(2)17-18(13)3/h9,11-12H,4-8,16H2,1-3H3. The molecule has 4 heteroatoms. The van der Waals surface area contributed by atoms with Crippen LogP contribution in [0.5, 0.6) is 0 Å². The van der Waals surface area contributed by atoms with E-state index in [9.17, 15) is 0 Å². The van der Waals surface area contributed by atoms with Crippen molar-refractivity contribution in [2.75, 3.05) is 0 Å². The fraction of sp³-hybridized carbons (Fsp3) is 0.786. The van der Waals surface area contributed by atoms with Crippen molar-refractivity contribution in [2.45, 2.75) is 52.0 Å². The van der Waals surface area contributed by atoms with Gasteiger partial charge in [-0.3, -0.25) is 4.68 Å². The van der Waals surface area contributed by atoms with Gasteiger partial charge >= 0.3 is 0 Å². The number of rotatable bonds is 3. The Kier molecular flexibility index (Phi) is 4.49. The van der Waals surface area contributed by atoms with E-state index in [0.29, 0.717) is 5.92 Å². The zero-order chi connectivity index (χ0) is 13.3. The van der Waals surface area contributed by atoms with Crippen LogP contribution < -0.4 is 5.73 Å². The van der Waals surface area contributed by atoms with Crippen LogP contribution in [-0.2, 0) is 13.5 Å². The van der Waals surface area contributed by atoms with E-state index in [1.807, 2.05) is 18.7 Å². The molecule has 1 saturated carbocycles. The molecule has 1 aliphatic rings. The number of nitrogens with two attached hydrogens (primary N) is 1. The Hall–Kier alpha value is -0.350. The molecule has 0 aliphatic heterocycles. The van der Waals surface area contributed by atoms with Crippen molar-refractivity contribution in [3.05, 3.63) is 15.9 Å². The van der Waals surface area contributed by atoms with Crippen LogP contribution in [0.2, 0.25) is 0 Å². The molecule has 0 saturated heterocycles. The molecule has 3 unspecified atom stereocenters. The Balaban J connectivity index is 2.04. The van der Waals surface area contributed by atoms with Crippen LogP contribution in [0.25, 0.3) is 0 Å². The minimum atomic E-state index is 0.263. The highest BCUT2D eigenvalue weighted by molar-refractivity contribution is 9.10. The molecule has 102 valence electrons. The first-order valence-corrected chi connectivity index (χ1v) is 7.72. The first-order valence-electron chi connectivity index (χ1n) is 6.92. The van der Waals surface area contributed by atoms with Crippen molar-refractivity contribution in [3.8, 4) is 0 Å². The van der Waals surface area contributed by atoms with E-state index in [4.69, 9.17) is 5.73 Å². The van der Waals surface area contributed by atoms with Crippen molar-refractivity contribution in [2.24, 2.45) is 24.6 Å². The van der Waals surface area contributed by atoms with Gasteiger partial charge in [0.15, 0.2) is 0 Å². The molecule has 3 atom stereocenters. The van der Waals surface area contributed by atoms with Gasteiger partial charge < -0.3 is 5.73 Å². The lowest BCUT2D eigenvalue weighted by molar-refractivity contribution is 0.244. The molecule has 1 fully saturated rings. The Labute approximate surface area is 118 Å². The minimum Gasteiger partial charge on any atom is -0.327 e. The summed E-state index contributed by atoms with van der Waals surface area (Å²) in [5.74, 6) is 1.52. The zero-order valence-electron chi connectivity index (χ0n) is 11.6. The van der Waals surface area contributed by atoms with Crippen molar-refractivity contribution >= 4 is 15.9 Å². The second-order valence-electron chi connectivity index (χ2n) is 5.87. The van der Waals surface area contributed by atoms with Crippen LogP contribution in [0.15, 0.2) is 4.47 Å². The van der Waals surface area contributed by atoms with Crippen LogP contribution >= 0.6 is 15.9 Å². The smallest absolute Gasteiger partial charge is 0.0738 e. The van der Waals surface area contributed by atoms with Gasteiger partial charge in [0.25, 0.3) is 0 Å². The number of aromatic nitrogens is 2. The van der Waals surface area contributed by atoms with E-state index in [1.165, 1.54) is 31.4 Å². The van der Waals surface area contributed by atoms with Crippen LogP contribution in [0, 0.1) is 18.8 Å². The Morgan fingerprint density at radius 2 is 2.22 bits per heavy atom. The molecule has 0 bridgehead atoms. The van der Waals surface area contributed by atoms with Crippen LogP contribution in [0.3, 0.4) is 0 Å². The van der Waals surface area contributed by atoms with Crippen LogP contribution in [-0.4, -0.2) is 15.8 Å². The summed E-state index contributed by atoms with van der Waals surface area (Å²) in [6.45, 7) is 4.38. The summed E-state index contributed by atoms with van der Waals surface area (Å²) in [4.78, 5) is 0. The number of hydrogen-bond donors (Lipinski definition) is 1. The number of aryl methyl sites for hydroxylation is 2. The third-order valence-electron chi connectivity index (χ3n) is 4.27. The molecule has 1 aromatic heterocycles. The molecule has 18 heavy (non-hydrogen) atoms.